The molecule has 4 rings (SSSR count). The Morgan fingerprint density at radius 3 is 2.33 bits per heavy atom. The van der Waals surface area contributed by atoms with Gasteiger partial charge in [-0.2, -0.15) is 0 Å². The predicted octanol–water partition coefficient (Wildman–Crippen LogP) is 5.47. The molecule has 0 aromatic heterocycles. The van der Waals surface area contributed by atoms with Gasteiger partial charge in [-0.1, -0.05) is 53.9 Å². The van der Waals surface area contributed by atoms with E-state index < -0.39 is 6.10 Å². The van der Waals surface area contributed by atoms with Crippen molar-refractivity contribution < 1.29 is 15.3 Å². The molecule has 3 N–H and O–H groups in total. The SMILES string of the molecule is CC(C)CCCC(C)C1CC(O)C2=C3C(O)CC4CC(O)CCC4(C)C3CCC21C. The lowest BCUT2D eigenvalue weighted by molar-refractivity contribution is -0.0671. The molecule has 0 spiro atoms. The van der Waals surface area contributed by atoms with Crippen molar-refractivity contribution in [3.8, 4) is 0 Å². The van der Waals surface area contributed by atoms with Crippen LogP contribution >= 0.6 is 0 Å². The number of hydrogen-bond acceptors (Lipinski definition) is 3. The maximum Gasteiger partial charge on any atom is 0.0762 e. The van der Waals surface area contributed by atoms with E-state index in [1.54, 1.807) is 0 Å². The number of aliphatic hydroxyl groups excluding tert-OH is 3. The number of rotatable bonds is 5. The molecule has 0 bridgehead atoms. The highest BCUT2D eigenvalue weighted by Crippen LogP contribution is 2.65. The second kappa shape index (κ2) is 8.19. The minimum absolute atomic E-state index is 0.0425. The fourth-order valence-corrected chi connectivity index (χ4v) is 8.45. The molecule has 172 valence electrons. The molecule has 3 heteroatoms. The van der Waals surface area contributed by atoms with Crippen molar-refractivity contribution in [2.75, 3.05) is 0 Å². The summed E-state index contributed by atoms with van der Waals surface area (Å²) in [6.45, 7) is 11.8. The molecule has 3 saturated carbocycles. The third-order valence-corrected chi connectivity index (χ3v) is 10.2. The van der Waals surface area contributed by atoms with Crippen LogP contribution in [0.1, 0.15) is 98.8 Å². The Bertz CT molecular complexity index is 669. The Morgan fingerprint density at radius 1 is 0.900 bits per heavy atom. The minimum Gasteiger partial charge on any atom is -0.393 e. The average molecular weight is 419 g/mol. The van der Waals surface area contributed by atoms with Crippen LogP contribution in [0.2, 0.25) is 0 Å². The van der Waals surface area contributed by atoms with Crippen LogP contribution in [0.4, 0.5) is 0 Å². The maximum absolute atomic E-state index is 11.3. The molecule has 0 aromatic rings. The van der Waals surface area contributed by atoms with E-state index in [1.807, 2.05) is 0 Å². The molecule has 9 unspecified atom stereocenters. The van der Waals surface area contributed by atoms with Crippen molar-refractivity contribution in [2.24, 2.45) is 40.4 Å². The van der Waals surface area contributed by atoms with E-state index >= 15 is 0 Å². The number of aliphatic hydroxyl groups is 3. The van der Waals surface area contributed by atoms with Crippen LogP contribution in [0.5, 0.6) is 0 Å². The van der Waals surface area contributed by atoms with Crippen molar-refractivity contribution in [1.82, 2.24) is 0 Å². The van der Waals surface area contributed by atoms with Gasteiger partial charge in [0.2, 0.25) is 0 Å². The fraction of sp³-hybridized carbons (Fsp3) is 0.926. The average Bonchev–Trinajstić information content (AvgIpc) is 2.94. The van der Waals surface area contributed by atoms with Gasteiger partial charge in [-0.3, -0.25) is 0 Å². The predicted molar refractivity (Wildman–Crippen MR) is 122 cm³/mol. The maximum atomic E-state index is 11.3. The third kappa shape index (κ3) is 3.61. The fourth-order valence-electron chi connectivity index (χ4n) is 8.45. The largest absolute Gasteiger partial charge is 0.393 e. The van der Waals surface area contributed by atoms with E-state index in [1.165, 1.54) is 30.4 Å². The van der Waals surface area contributed by atoms with Crippen LogP contribution in [0, 0.1) is 40.4 Å². The first-order chi connectivity index (χ1) is 14.1. The molecule has 0 heterocycles. The first-order valence-electron chi connectivity index (χ1n) is 12.9. The molecule has 0 amide bonds. The Hall–Kier alpha value is -0.380. The highest BCUT2D eigenvalue weighted by Gasteiger charge is 2.59. The summed E-state index contributed by atoms with van der Waals surface area (Å²) in [5, 5.41) is 32.8. The van der Waals surface area contributed by atoms with Gasteiger partial charge in [-0.25, -0.2) is 0 Å². The standard InChI is InChI=1S/C27H46O3/c1-16(2)7-6-8-17(3)21-15-23(30)25-24-20(10-12-27(21,25)5)26(4)11-9-19(28)13-18(26)14-22(24)29/h16-23,28-30H,6-15H2,1-5H3. The van der Waals surface area contributed by atoms with Crippen LogP contribution in [-0.2, 0) is 0 Å². The van der Waals surface area contributed by atoms with Crippen LogP contribution in [-0.4, -0.2) is 33.6 Å². The zero-order valence-electron chi connectivity index (χ0n) is 20.0. The van der Waals surface area contributed by atoms with Crippen molar-refractivity contribution in [2.45, 2.75) is 117 Å². The van der Waals surface area contributed by atoms with Crippen LogP contribution in [0.15, 0.2) is 11.1 Å². The number of fused-ring (bicyclic) bond motifs is 4. The first-order valence-corrected chi connectivity index (χ1v) is 12.9. The molecule has 3 nitrogen and oxygen atoms in total. The highest BCUT2D eigenvalue weighted by atomic mass is 16.3. The highest BCUT2D eigenvalue weighted by molar-refractivity contribution is 5.39. The summed E-state index contributed by atoms with van der Waals surface area (Å²) >= 11 is 0. The molecule has 0 aromatic carbocycles. The quantitative estimate of drug-likeness (QED) is 0.519. The lowest BCUT2D eigenvalue weighted by Gasteiger charge is -2.58. The second-order valence-electron chi connectivity index (χ2n) is 12.4. The lowest BCUT2D eigenvalue weighted by Crippen LogP contribution is -2.52. The lowest BCUT2D eigenvalue weighted by atomic mass is 9.48. The van der Waals surface area contributed by atoms with Gasteiger partial charge >= 0.3 is 0 Å². The summed E-state index contributed by atoms with van der Waals surface area (Å²) in [5.74, 6) is 2.68. The second-order valence-corrected chi connectivity index (χ2v) is 12.4. The van der Waals surface area contributed by atoms with Gasteiger partial charge < -0.3 is 15.3 Å². The van der Waals surface area contributed by atoms with Crippen molar-refractivity contribution >= 4 is 0 Å². The van der Waals surface area contributed by atoms with E-state index in [-0.39, 0.29) is 23.0 Å². The molecular formula is C27H46O3. The molecule has 4 aliphatic rings. The Labute approximate surface area is 184 Å². The Morgan fingerprint density at radius 2 is 1.63 bits per heavy atom. The molecule has 0 saturated heterocycles. The van der Waals surface area contributed by atoms with Gasteiger partial charge in [0, 0.05) is 0 Å². The van der Waals surface area contributed by atoms with Crippen molar-refractivity contribution in [3.63, 3.8) is 0 Å². The first kappa shape index (κ1) is 22.8. The van der Waals surface area contributed by atoms with E-state index in [2.05, 4.69) is 34.6 Å². The van der Waals surface area contributed by atoms with Crippen LogP contribution in [0.3, 0.4) is 0 Å². The normalized spacial score (nSPS) is 47.1. The van der Waals surface area contributed by atoms with Gasteiger partial charge in [-0.05, 0) is 96.5 Å². The van der Waals surface area contributed by atoms with E-state index in [0.29, 0.717) is 23.7 Å². The molecular weight excluding hydrogens is 372 g/mol. The van der Waals surface area contributed by atoms with Crippen LogP contribution in [0.25, 0.3) is 0 Å². The topological polar surface area (TPSA) is 60.7 Å². The van der Waals surface area contributed by atoms with Gasteiger partial charge in [0.15, 0.2) is 0 Å². The van der Waals surface area contributed by atoms with Gasteiger partial charge in [-0.15, -0.1) is 0 Å². The zero-order valence-corrected chi connectivity index (χ0v) is 20.0. The molecule has 30 heavy (non-hydrogen) atoms. The Balaban J connectivity index is 1.63. The van der Waals surface area contributed by atoms with Gasteiger partial charge in [0.05, 0.1) is 18.3 Å². The minimum atomic E-state index is -0.433. The van der Waals surface area contributed by atoms with E-state index in [0.717, 1.165) is 50.9 Å². The zero-order chi connectivity index (χ0) is 21.8. The summed E-state index contributed by atoms with van der Waals surface area (Å²) < 4.78 is 0. The molecule has 3 fully saturated rings. The monoisotopic (exact) mass is 418 g/mol. The molecule has 0 radical (unpaired) electrons. The van der Waals surface area contributed by atoms with E-state index in [9.17, 15) is 15.3 Å². The summed E-state index contributed by atoms with van der Waals surface area (Å²) in [7, 11) is 0. The Kier molecular flexibility index (Phi) is 6.23. The number of hydrogen-bond donors (Lipinski definition) is 3. The summed E-state index contributed by atoms with van der Waals surface area (Å²) in [6.07, 6.45) is 9.49. The van der Waals surface area contributed by atoms with Gasteiger partial charge in [0.25, 0.3) is 0 Å². The third-order valence-electron chi connectivity index (χ3n) is 10.2. The summed E-state index contributed by atoms with van der Waals surface area (Å²) in [5.41, 5.74) is 2.67. The van der Waals surface area contributed by atoms with Gasteiger partial charge in [0.1, 0.15) is 0 Å². The summed E-state index contributed by atoms with van der Waals surface area (Å²) in [4.78, 5) is 0. The smallest absolute Gasteiger partial charge is 0.0762 e. The van der Waals surface area contributed by atoms with E-state index in [4.69, 9.17) is 0 Å². The van der Waals surface area contributed by atoms with Crippen LogP contribution < -0.4 is 0 Å². The summed E-state index contributed by atoms with van der Waals surface area (Å²) in [6, 6.07) is 0. The molecule has 9 atom stereocenters. The van der Waals surface area contributed by atoms with Crippen molar-refractivity contribution in [3.05, 3.63) is 11.1 Å². The molecule has 0 aliphatic heterocycles. The van der Waals surface area contributed by atoms with Crippen molar-refractivity contribution in [1.29, 1.82) is 0 Å². The molecule has 4 aliphatic carbocycles.